The Morgan fingerprint density at radius 2 is 1.94 bits per heavy atom. The lowest BCUT2D eigenvalue weighted by atomic mass is 10.2. The van der Waals surface area contributed by atoms with Gasteiger partial charge in [-0.3, -0.25) is 0 Å². The SMILES string of the molecule is COc1ccc(CN(C)CCC#N)cc1OC. The first-order valence-electron chi connectivity index (χ1n) is 5.47. The van der Waals surface area contributed by atoms with E-state index in [0.29, 0.717) is 6.42 Å². The second-order valence-electron chi connectivity index (χ2n) is 3.84. The second-order valence-corrected chi connectivity index (χ2v) is 3.84. The summed E-state index contributed by atoms with van der Waals surface area (Å²) < 4.78 is 10.4. The number of hydrogen-bond acceptors (Lipinski definition) is 4. The van der Waals surface area contributed by atoms with Gasteiger partial charge in [0.2, 0.25) is 0 Å². The van der Waals surface area contributed by atoms with Crippen molar-refractivity contribution < 1.29 is 9.47 Å². The third-order valence-electron chi connectivity index (χ3n) is 2.51. The van der Waals surface area contributed by atoms with E-state index < -0.39 is 0 Å². The quantitative estimate of drug-likeness (QED) is 0.755. The van der Waals surface area contributed by atoms with Gasteiger partial charge in [0, 0.05) is 19.5 Å². The first-order valence-corrected chi connectivity index (χ1v) is 5.47. The van der Waals surface area contributed by atoms with E-state index in [4.69, 9.17) is 14.7 Å². The van der Waals surface area contributed by atoms with Crippen LogP contribution in [0.15, 0.2) is 18.2 Å². The van der Waals surface area contributed by atoms with Crippen LogP contribution in [-0.2, 0) is 6.54 Å². The molecular weight excluding hydrogens is 216 g/mol. The normalized spacial score (nSPS) is 10.1. The lowest BCUT2D eigenvalue weighted by Gasteiger charge is -2.16. The minimum absolute atomic E-state index is 0.545. The fourth-order valence-electron chi connectivity index (χ4n) is 1.61. The van der Waals surface area contributed by atoms with E-state index in [-0.39, 0.29) is 0 Å². The Hall–Kier alpha value is -1.73. The molecule has 0 N–H and O–H groups in total. The monoisotopic (exact) mass is 234 g/mol. The molecule has 0 bridgehead atoms. The van der Waals surface area contributed by atoms with Gasteiger partial charge in [-0.1, -0.05) is 6.07 Å². The van der Waals surface area contributed by atoms with Gasteiger partial charge in [-0.2, -0.15) is 5.26 Å². The van der Waals surface area contributed by atoms with Gasteiger partial charge in [0.05, 0.1) is 20.3 Å². The predicted molar refractivity (Wildman–Crippen MR) is 66.1 cm³/mol. The van der Waals surface area contributed by atoms with E-state index in [1.165, 1.54) is 0 Å². The molecule has 0 unspecified atom stereocenters. The molecule has 4 heteroatoms. The van der Waals surface area contributed by atoms with E-state index in [9.17, 15) is 0 Å². The average molecular weight is 234 g/mol. The van der Waals surface area contributed by atoms with Crippen LogP contribution in [0.5, 0.6) is 11.5 Å². The lowest BCUT2D eigenvalue weighted by molar-refractivity contribution is 0.330. The molecule has 0 radical (unpaired) electrons. The standard InChI is InChI=1S/C13H18N2O2/c1-15(8-4-7-14)10-11-5-6-12(16-2)13(9-11)17-3/h5-6,9H,4,8,10H2,1-3H3. The third kappa shape index (κ3) is 3.97. The van der Waals surface area contributed by atoms with E-state index in [1.807, 2.05) is 25.2 Å². The van der Waals surface area contributed by atoms with Crippen LogP contribution in [0.1, 0.15) is 12.0 Å². The maximum Gasteiger partial charge on any atom is 0.161 e. The van der Waals surface area contributed by atoms with Gasteiger partial charge >= 0.3 is 0 Å². The van der Waals surface area contributed by atoms with Crippen LogP contribution in [-0.4, -0.2) is 32.7 Å². The number of ether oxygens (including phenoxy) is 2. The van der Waals surface area contributed by atoms with Crippen molar-refractivity contribution >= 4 is 0 Å². The molecular formula is C13H18N2O2. The lowest BCUT2D eigenvalue weighted by Crippen LogP contribution is -2.18. The Bertz CT molecular complexity index is 399. The van der Waals surface area contributed by atoms with Crippen molar-refractivity contribution in [3.63, 3.8) is 0 Å². The Balaban J connectivity index is 2.69. The highest BCUT2D eigenvalue weighted by atomic mass is 16.5. The third-order valence-corrected chi connectivity index (χ3v) is 2.51. The minimum Gasteiger partial charge on any atom is -0.493 e. The number of nitrogens with zero attached hydrogens (tertiary/aromatic N) is 2. The summed E-state index contributed by atoms with van der Waals surface area (Å²) in [6.45, 7) is 1.56. The highest BCUT2D eigenvalue weighted by Crippen LogP contribution is 2.27. The first-order chi connectivity index (χ1) is 8.21. The molecule has 0 aliphatic rings. The van der Waals surface area contributed by atoms with Gasteiger partial charge in [0.25, 0.3) is 0 Å². The number of rotatable bonds is 6. The molecule has 0 atom stereocenters. The van der Waals surface area contributed by atoms with Gasteiger partial charge in [-0.25, -0.2) is 0 Å². The van der Waals surface area contributed by atoms with Crippen LogP contribution in [0.4, 0.5) is 0 Å². The molecule has 1 rings (SSSR count). The topological polar surface area (TPSA) is 45.5 Å². The molecule has 0 aliphatic carbocycles. The molecule has 0 amide bonds. The molecule has 0 saturated carbocycles. The molecule has 0 fully saturated rings. The summed E-state index contributed by atoms with van der Waals surface area (Å²) in [5.74, 6) is 1.47. The van der Waals surface area contributed by atoms with Crippen LogP contribution in [0.25, 0.3) is 0 Å². The largest absolute Gasteiger partial charge is 0.493 e. The Labute approximate surface area is 102 Å². The number of hydrogen-bond donors (Lipinski definition) is 0. The minimum atomic E-state index is 0.545. The van der Waals surface area contributed by atoms with Crippen LogP contribution in [0.3, 0.4) is 0 Å². The summed E-state index contributed by atoms with van der Waals surface area (Å²) in [5, 5.41) is 8.52. The van der Waals surface area contributed by atoms with Gasteiger partial charge in [0.1, 0.15) is 0 Å². The Morgan fingerprint density at radius 1 is 1.24 bits per heavy atom. The van der Waals surface area contributed by atoms with Gasteiger partial charge < -0.3 is 14.4 Å². The zero-order valence-corrected chi connectivity index (χ0v) is 10.6. The maximum absolute atomic E-state index is 8.52. The van der Waals surface area contributed by atoms with Crippen molar-refractivity contribution in [1.29, 1.82) is 5.26 Å². The van der Waals surface area contributed by atoms with E-state index in [2.05, 4.69) is 11.0 Å². The maximum atomic E-state index is 8.52. The Morgan fingerprint density at radius 3 is 2.53 bits per heavy atom. The van der Waals surface area contributed by atoms with Crippen molar-refractivity contribution in [2.24, 2.45) is 0 Å². The van der Waals surface area contributed by atoms with E-state index >= 15 is 0 Å². The van der Waals surface area contributed by atoms with Crippen molar-refractivity contribution in [1.82, 2.24) is 4.90 Å². The summed E-state index contributed by atoms with van der Waals surface area (Å²) in [4.78, 5) is 2.10. The fraction of sp³-hybridized carbons (Fsp3) is 0.462. The summed E-state index contributed by atoms with van der Waals surface area (Å²) in [6.07, 6.45) is 0.545. The van der Waals surface area contributed by atoms with Crippen LogP contribution >= 0.6 is 0 Å². The summed E-state index contributed by atoms with van der Waals surface area (Å²) in [7, 11) is 5.24. The highest BCUT2D eigenvalue weighted by molar-refractivity contribution is 5.42. The van der Waals surface area contributed by atoms with Crippen molar-refractivity contribution in [3.8, 4) is 17.6 Å². The zero-order chi connectivity index (χ0) is 12.7. The van der Waals surface area contributed by atoms with Crippen LogP contribution < -0.4 is 9.47 Å². The molecule has 0 spiro atoms. The van der Waals surface area contributed by atoms with Crippen LogP contribution in [0, 0.1) is 11.3 Å². The summed E-state index contributed by atoms with van der Waals surface area (Å²) >= 11 is 0. The number of methoxy groups -OCH3 is 2. The molecule has 1 aromatic carbocycles. The summed E-state index contributed by atoms with van der Waals surface area (Å²) in [5.41, 5.74) is 1.14. The van der Waals surface area contributed by atoms with Crippen LogP contribution in [0.2, 0.25) is 0 Å². The molecule has 0 aliphatic heterocycles. The zero-order valence-electron chi connectivity index (χ0n) is 10.6. The average Bonchev–Trinajstić information content (AvgIpc) is 2.36. The van der Waals surface area contributed by atoms with Gasteiger partial charge in [-0.05, 0) is 24.7 Å². The smallest absolute Gasteiger partial charge is 0.161 e. The number of nitriles is 1. The highest BCUT2D eigenvalue weighted by Gasteiger charge is 2.06. The van der Waals surface area contributed by atoms with Crippen molar-refractivity contribution in [2.75, 3.05) is 27.8 Å². The molecule has 0 saturated heterocycles. The molecule has 17 heavy (non-hydrogen) atoms. The number of benzene rings is 1. The fourth-order valence-corrected chi connectivity index (χ4v) is 1.61. The molecule has 0 heterocycles. The van der Waals surface area contributed by atoms with Crippen molar-refractivity contribution in [2.45, 2.75) is 13.0 Å². The van der Waals surface area contributed by atoms with E-state index in [1.54, 1.807) is 14.2 Å². The molecule has 4 nitrogen and oxygen atoms in total. The van der Waals surface area contributed by atoms with Gasteiger partial charge in [0.15, 0.2) is 11.5 Å². The molecule has 1 aromatic rings. The molecule has 0 aromatic heterocycles. The summed E-state index contributed by atoms with van der Waals surface area (Å²) in [6, 6.07) is 8.00. The predicted octanol–water partition coefficient (Wildman–Crippen LogP) is 2.05. The second kappa shape index (κ2) is 6.77. The molecule has 92 valence electrons. The first kappa shape index (κ1) is 13.3. The Kier molecular flexibility index (Phi) is 5.31. The van der Waals surface area contributed by atoms with Gasteiger partial charge in [-0.15, -0.1) is 0 Å². The van der Waals surface area contributed by atoms with E-state index in [0.717, 1.165) is 30.2 Å². The van der Waals surface area contributed by atoms with Crippen molar-refractivity contribution in [3.05, 3.63) is 23.8 Å².